The lowest BCUT2D eigenvalue weighted by atomic mass is 10.2. The van der Waals surface area contributed by atoms with E-state index in [1.165, 1.54) is 11.3 Å². The molecule has 96 valence electrons. The third kappa shape index (κ3) is 2.50. The van der Waals surface area contributed by atoms with Gasteiger partial charge in [-0.2, -0.15) is 0 Å². The molecule has 0 fully saturated rings. The largest absolute Gasteiger partial charge is 0.493 e. The van der Waals surface area contributed by atoms with Crippen LogP contribution in [0.15, 0.2) is 22.8 Å². The van der Waals surface area contributed by atoms with E-state index in [-0.39, 0.29) is 6.61 Å². The summed E-state index contributed by atoms with van der Waals surface area (Å²) in [5, 5.41) is 9.89. The van der Waals surface area contributed by atoms with Gasteiger partial charge in [-0.1, -0.05) is 0 Å². The van der Waals surface area contributed by atoms with Crippen LogP contribution in [-0.4, -0.2) is 24.3 Å². The van der Waals surface area contributed by atoms with Crippen molar-refractivity contribution in [3.63, 3.8) is 0 Å². The summed E-state index contributed by atoms with van der Waals surface area (Å²) < 4.78 is 11.4. The van der Waals surface area contributed by atoms with E-state index in [4.69, 9.17) is 14.6 Å². The molecule has 0 bridgehead atoms. The standard InChI is InChI=1S/C12H12BrNO3S/c1-16-10-3-8(9(13)4-11(10)17-2)12-14-5-7(6-15)18-12/h3-5,15H,6H2,1-2H3. The molecule has 0 saturated heterocycles. The average molecular weight is 330 g/mol. The quantitative estimate of drug-likeness (QED) is 0.936. The van der Waals surface area contributed by atoms with Crippen LogP contribution in [0.25, 0.3) is 10.6 Å². The van der Waals surface area contributed by atoms with Crippen LogP contribution >= 0.6 is 27.3 Å². The first-order chi connectivity index (χ1) is 8.69. The summed E-state index contributed by atoms with van der Waals surface area (Å²) in [5.41, 5.74) is 0.914. The van der Waals surface area contributed by atoms with E-state index in [1.54, 1.807) is 20.4 Å². The Balaban J connectivity index is 2.50. The van der Waals surface area contributed by atoms with Gasteiger partial charge in [-0.25, -0.2) is 4.98 Å². The van der Waals surface area contributed by atoms with Crippen molar-refractivity contribution in [1.82, 2.24) is 4.98 Å². The van der Waals surface area contributed by atoms with E-state index in [0.717, 1.165) is 19.9 Å². The van der Waals surface area contributed by atoms with Gasteiger partial charge in [0.15, 0.2) is 11.5 Å². The highest BCUT2D eigenvalue weighted by molar-refractivity contribution is 9.10. The predicted octanol–water partition coefficient (Wildman–Crippen LogP) is 3.08. The van der Waals surface area contributed by atoms with Gasteiger partial charge in [-0.3, -0.25) is 0 Å². The van der Waals surface area contributed by atoms with Gasteiger partial charge in [-0.15, -0.1) is 11.3 Å². The molecule has 6 heteroatoms. The zero-order chi connectivity index (χ0) is 13.1. The average Bonchev–Trinajstić information content (AvgIpc) is 2.86. The number of ether oxygens (including phenoxy) is 2. The highest BCUT2D eigenvalue weighted by Gasteiger charge is 2.13. The van der Waals surface area contributed by atoms with Crippen LogP contribution in [0.2, 0.25) is 0 Å². The Morgan fingerprint density at radius 2 is 1.94 bits per heavy atom. The van der Waals surface area contributed by atoms with Gasteiger partial charge in [0.25, 0.3) is 0 Å². The monoisotopic (exact) mass is 329 g/mol. The van der Waals surface area contributed by atoms with Gasteiger partial charge in [0.05, 0.1) is 25.7 Å². The van der Waals surface area contributed by atoms with Crippen molar-refractivity contribution in [3.05, 3.63) is 27.7 Å². The third-order valence-electron chi connectivity index (χ3n) is 2.41. The zero-order valence-corrected chi connectivity index (χ0v) is 12.3. The van der Waals surface area contributed by atoms with Gasteiger partial charge >= 0.3 is 0 Å². The van der Waals surface area contributed by atoms with Crippen molar-refractivity contribution in [1.29, 1.82) is 0 Å². The molecule has 4 nitrogen and oxygen atoms in total. The van der Waals surface area contributed by atoms with Gasteiger partial charge in [0.2, 0.25) is 0 Å². The first-order valence-corrected chi connectivity index (χ1v) is 6.78. The second-order valence-corrected chi connectivity index (χ2v) is 5.45. The Kier molecular flexibility index (Phi) is 4.21. The fourth-order valence-electron chi connectivity index (χ4n) is 1.52. The Morgan fingerprint density at radius 3 is 2.50 bits per heavy atom. The first-order valence-electron chi connectivity index (χ1n) is 5.17. The molecule has 2 rings (SSSR count). The molecule has 0 atom stereocenters. The minimum Gasteiger partial charge on any atom is -0.493 e. The maximum absolute atomic E-state index is 9.06. The Labute approximate surface area is 117 Å². The van der Waals surface area contributed by atoms with Gasteiger partial charge < -0.3 is 14.6 Å². The van der Waals surface area contributed by atoms with Crippen LogP contribution in [0.4, 0.5) is 0 Å². The molecule has 0 aliphatic rings. The zero-order valence-electron chi connectivity index (χ0n) is 9.94. The normalized spacial score (nSPS) is 10.4. The second kappa shape index (κ2) is 5.69. The molecule has 0 spiro atoms. The number of halogens is 1. The van der Waals surface area contributed by atoms with Crippen molar-refractivity contribution in [2.75, 3.05) is 14.2 Å². The number of benzene rings is 1. The van der Waals surface area contributed by atoms with Crippen molar-refractivity contribution in [2.45, 2.75) is 6.61 Å². The number of nitrogens with zero attached hydrogens (tertiary/aromatic N) is 1. The molecule has 0 aliphatic heterocycles. The highest BCUT2D eigenvalue weighted by Crippen LogP contribution is 2.39. The molecule has 0 aliphatic carbocycles. The SMILES string of the molecule is COc1cc(Br)c(-c2ncc(CO)s2)cc1OC. The van der Waals surface area contributed by atoms with Crippen molar-refractivity contribution in [2.24, 2.45) is 0 Å². The summed E-state index contributed by atoms with van der Waals surface area (Å²) >= 11 is 4.93. The molecule has 1 aromatic heterocycles. The number of aliphatic hydroxyl groups excluding tert-OH is 1. The number of hydrogen-bond acceptors (Lipinski definition) is 5. The first kappa shape index (κ1) is 13.3. The smallest absolute Gasteiger partial charge is 0.161 e. The summed E-state index contributed by atoms with van der Waals surface area (Å²) in [6.45, 7) is 0.00255. The Hall–Kier alpha value is -1.11. The topological polar surface area (TPSA) is 51.6 Å². The van der Waals surface area contributed by atoms with Crippen LogP contribution in [0, 0.1) is 0 Å². The molecule has 2 aromatic rings. The summed E-state index contributed by atoms with van der Waals surface area (Å²) in [5.74, 6) is 1.31. The summed E-state index contributed by atoms with van der Waals surface area (Å²) in [4.78, 5) is 5.11. The maximum Gasteiger partial charge on any atom is 0.161 e. The molecule has 0 unspecified atom stereocenters. The fourth-order valence-corrected chi connectivity index (χ4v) is 2.97. The molecule has 0 amide bonds. The molecule has 0 saturated carbocycles. The lowest BCUT2D eigenvalue weighted by Gasteiger charge is -2.10. The fraction of sp³-hybridized carbons (Fsp3) is 0.250. The number of hydrogen-bond donors (Lipinski definition) is 1. The van der Waals surface area contributed by atoms with Gasteiger partial charge in [0, 0.05) is 16.2 Å². The van der Waals surface area contributed by atoms with Crippen molar-refractivity contribution in [3.8, 4) is 22.1 Å². The third-order valence-corrected chi connectivity index (χ3v) is 4.08. The molecule has 1 aromatic carbocycles. The molecule has 1 heterocycles. The van der Waals surface area contributed by atoms with Crippen LogP contribution < -0.4 is 9.47 Å². The number of aliphatic hydroxyl groups is 1. The van der Waals surface area contributed by atoms with E-state index in [9.17, 15) is 0 Å². The predicted molar refractivity (Wildman–Crippen MR) is 74.3 cm³/mol. The second-order valence-electron chi connectivity index (χ2n) is 3.48. The van der Waals surface area contributed by atoms with Crippen LogP contribution in [-0.2, 0) is 6.61 Å². The molecule has 0 radical (unpaired) electrons. The molecular weight excluding hydrogens is 318 g/mol. The lowest BCUT2D eigenvalue weighted by Crippen LogP contribution is -1.91. The van der Waals surface area contributed by atoms with Crippen molar-refractivity contribution >= 4 is 27.3 Å². The highest BCUT2D eigenvalue weighted by atomic mass is 79.9. The molecule has 1 N–H and O–H groups in total. The van der Waals surface area contributed by atoms with E-state index in [2.05, 4.69) is 20.9 Å². The van der Waals surface area contributed by atoms with E-state index >= 15 is 0 Å². The summed E-state index contributed by atoms with van der Waals surface area (Å²) in [6, 6.07) is 3.71. The Bertz CT molecular complexity index is 556. The summed E-state index contributed by atoms with van der Waals surface area (Å²) in [7, 11) is 3.19. The Morgan fingerprint density at radius 1 is 1.28 bits per heavy atom. The number of thiazole rings is 1. The van der Waals surface area contributed by atoms with E-state index < -0.39 is 0 Å². The van der Waals surface area contributed by atoms with Gasteiger partial charge in [0.1, 0.15) is 5.01 Å². The van der Waals surface area contributed by atoms with Gasteiger partial charge in [-0.05, 0) is 28.1 Å². The molecule has 18 heavy (non-hydrogen) atoms. The lowest BCUT2D eigenvalue weighted by molar-refractivity contribution is 0.285. The van der Waals surface area contributed by atoms with E-state index in [0.29, 0.717) is 11.5 Å². The minimum atomic E-state index is 0.00255. The van der Waals surface area contributed by atoms with Crippen molar-refractivity contribution < 1.29 is 14.6 Å². The van der Waals surface area contributed by atoms with Crippen LogP contribution in [0.3, 0.4) is 0 Å². The van der Waals surface area contributed by atoms with E-state index in [1.807, 2.05) is 12.1 Å². The number of rotatable bonds is 4. The number of methoxy groups -OCH3 is 2. The minimum absolute atomic E-state index is 0.00255. The maximum atomic E-state index is 9.06. The summed E-state index contributed by atoms with van der Waals surface area (Å²) in [6.07, 6.45) is 1.67. The van der Waals surface area contributed by atoms with Crippen LogP contribution in [0.5, 0.6) is 11.5 Å². The van der Waals surface area contributed by atoms with Crippen LogP contribution in [0.1, 0.15) is 4.88 Å². The number of aromatic nitrogens is 1. The molecular formula is C12H12BrNO3S.